The van der Waals surface area contributed by atoms with Gasteiger partial charge in [-0.2, -0.15) is 0 Å². The Kier molecular flexibility index (Phi) is 5.52. The highest BCUT2D eigenvalue weighted by molar-refractivity contribution is 6.43. The summed E-state index contributed by atoms with van der Waals surface area (Å²) in [5.74, 6) is 0. The van der Waals surface area contributed by atoms with Crippen LogP contribution in [-0.2, 0) is 0 Å². The molecule has 10 heavy (non-hydrogen) atoms. The summed E-state index contributed by atoms with van der Waals surface area (Å²) >= 11 is 0. The van der Waals surface area contributed by atoms with E-state index >= 15 is 0 Å². The molecular formula is C6H15NO2Si. The molecule has 0 aliphatic rings. The molecule has 3 nitrogen and oxygen atoms in total. The Morgan fingerprint density at radius 3 is 2.60 bits per heavy atom. The standard InChI is InChI=1S/C6H15NO2Si/c1-3-6(10(8)9)4-5-7-2/h3,6-10H,1,4-5H2,2H3. The first-order valence-corrected chi connectivity index (χ1v) is 5.05. The van der Waals surface area contributed by atoms with E-state index in [1.807, 2.05) is 7.05 Å². The van der Waals surface area contributed by atoms with Crippen LogP contribution < -0.4 is 5.32 Å². The van der Waals surface area contributed by atoms with Crippen molar-refractivity contribution in [1.29, 1.82) is 0 Å². The van der Waals surface area contributed by atoms with Crippen LogP contribution in [0, 0.1) is 0 Å². The maximum atomic E-state index is 8.83. The summed E-state index contributed by atoms with van der Waals surface area (Å²) in [5, 5.41) is 2.94. The molecule has 4 heteroatoms. The highest BCUT2D eigenvalue weighted by atomic mass is 28.3. The molecule has 0 aliphatic carbocycles. The lowest BCUT2D eigenvalue weighted by atomic mass is 10.3. The van der Waals surface area contributed by atoms with E-state index < -0.39 is 9.28 Å². The number of allylic oxidation sites excluding steroid dienone is 1. The summed E-state index contributed by atoms with van der Waals surface area (Å²) in [6.45, 7) is 4.33. The minimum atomic E-state index is -2.48. The van der Waals surface area contributed by atoms with E-state index in [1.54, 1.807) is 6.08 Å². The molecule has 0 aromatic heterocycles. The quantitative estimate of drug-likeness (QED) is 0.371. The Morgan fingerprint density at radius 1 is 1.70 bits per heavy atom. The molecule has 0 heterocycles. The second kappa shape index (κ2) is 5.61. The molecule has 0 fully saturated rings. The fourth-order valence-electron chi connectivity index (χ4n) is 0.700. The molecule has 0 aliphatic heterocycles. The topological polar surface area (TPSA) is 52.5 Å². The fourth-order valence-corrected chi connectivity index (χ4v) is 1.41. The summed E-state index contributed by atoms with van der Waals surface area (Å²) in [5.41, 5.74) is -0.0764. The molecule has 0 rings (SSSR count). The van der Waals surface area contributed by atoms with Crippen LogP contribution in [0.4, 0.5) is 0 Å². The van der Waals surface area contributed by atoms with Crippen molar-refractivity contribution >= 4 is 9.28 Å². The zero-order valence-electron chi connectivity index (χ0n) is 6.25. The summed E-state index contributed by atoms with van der Waals surface area (Å²) in [6.07, 6.45) is 2.39. The molecule has 3 N–H and O–H groups in total. The maximum Gasteiger partial charge on any atom is 0.323 e. The highest BCUT2D eigenvalue weighted by Crippen LogP contribution is 2.11. The van der Waals surface area contributed by atoms with Crippen LogP contribution in [0.5, 0.6) is 0 Å². The van der Waals surface area contributed by atoms with Crippen LogP contribution in [0.25, 0.3) is 0 Å². The van der Waals surface area contributed by atoms with E-state index in [0.29, 0.717) is 0 Å². The maximum absolute atomic E-state index is 8.83. The van der Waals surface area contributed by atoms with Crippen LogP contribution in [0.2, 0.25) is 5.54 Å². The molecule has 0 radical (unpaired) electrons. The van der Waals surface area contributed by atoms with Gasteiger partial charge < -0.3 is 14.9 Å². The molecule has 0 aromatic rings. The number of rotatable bonds is 5. The lowest BCUT2D eigenvalue weighted by Gasteiger charge is -2.10. The van der Waals surface area contributed by atoms with Crippen molar-refractivity contribution in [3.63, 3.8) is 0 Å². The van der Waals surface area contributed by atoms with Crippen LogP contribution in [0.1, 0.15) is 6.42 Å². The van der Waals surface area contributed by atoms with Crippen molar-refractivity contribution in [1.82, 2.24) is 5.32 Å². The second-order valence-electron chi connectivity index (χ2n) is 2.21. The van der Waals surface area contributed by atoms with Gasteiger partial charge in [0, 0.05) is 5.54 Å². The smallest absolute Gasteiger partial charge is 0.323 e. The monoisotopic (exact) mass is 161 g/mol. The Labute approximate surface area is 63.2 Å². The Morgan fingerprint density at radius 2 is 2.30 bits per heavy atom. The van der Waals surface area contributed by atoms with Crippen molar-refractivity contribution in [2.45, 2.75) is 12.0 Å². The van der Waals surface area contributed by atoms with Gasteiger partial charge in [-0.3, -0.25) is 0 Å². The molecule has 1 unspecified atom stereocenters. The van der Waals surface area contributed by atoms with Gasteiger partial charge in [-0.05, 0) is 20.0 Å². The number of hydrogen-bond acceptors (Lipinski definition) is 3. The summed E-state index contributed by atoms with van der Waals surface area (Å²) in [4.78, 5) is 17.7. The first-order valence-electron chi connectivity index (χ1n) is 3.35. The third-order valence-electron chi connectivity index (χ3n) is 1.41. The Balaban J connectivity index is 3.50. The molecule has 60 valence electrons. The van der Waals surface area contributed by atoms with Gasteiger partial charge in [0.15, 0.2) is 0 Å². The molecular weight excluding hydrogens is 146 g/mol. The van der Waals surface area contributed by atoms with Crippen molar-refractivity contribution in [2.24, 2.45) is 0 Å². The molecule has 0 bridgehead atoms. The summed E-state index contributed by atoms with van der Waals surface area (Å²) in [6, 6.07) is 0. The largest absolute Gasteiger partial charge is 0.413 e. The molecule has 1 atom stereocenters. The normalized spacial score (nSPS) is 13.6. The molecule has 0 aromatic carbocycles. The van der Waals surface area contributed by atoms with E-state index in [-0.39, 0.29) is 5.54 Å². The summed E-state index contributed by atoms with van der Waals surface area (Å²) in [7, 11) is -0.636. The van der Waals surface area contributed by atoms with Crippen LogP contribution in [0.15, 0.2) is 12.7 Å². The average Bonchev–Trinajstić information content (AvgIpc) is 1.89. The van der Waals surface area contributed by atoms with Crippen LogP contribution in [0.3, 0.4) is 0 Å². The lowest BCUT2D eigenvalue weighted by Crippen LogP contribution is -2.22. The SMILES string of the molecule is C=CC(CCNC)[SiH](O)O. The van der Waals surface area contributed by atoms with Gasteiger partial charge in [0.05, 0.1) is 0 Å². The van der Waals surface area contributed by atoms with E-state index in [4.69, 9.17) is 9.59 Å². The Bertz CT molecular complexity index is 97.7. The van der Waals surface area contributed by atoms with E-state index in [1.165, 1.54) is 0 Å². The third-order valence-corrected chi connectivity index (χ3v) is 2.78. The third kappa shape index (κ3) is 3.79. The predicted molar refractivity (Wildman–Crippen MR) is 44.1 cm³/mol. The van der Waals surface area contributed by atoms with E-state index in [0.717, 1.165) is 13.0 Å². The zero-order chi connectivity index (χ0) is 7.98. The van der Waals surface area contributed by atoms with Crippen molar-refractivity contribution in [2.75, 3.05) is 13.6 Å². The number of hydrogen-bond donors (Lipinski definition) is 3. The molecule has 0 amide bonds. The average molecular weight is 161 g/mol. The van der Waals surface area contributed by atoms with Gasteiger partial charge in [0.1, 0.15) is 0 Å². The second-order valence-corrected chi connectivity index (χ2v) is 3.89. The first-order chi connectivity index (χ1) is 4.72. The predicted octanol–water partition coefficient (Wildman–Crippen LogP) is -0.643. The molecule has 0 spiro atoms. The highest BCUT2D eigenvalue weighted by Gasteiger charge is 2.14. The minimum Gasteiger partial charge on any atom is -0.413 e. The van der Waals surface area contributed by atoms with Gasteiger partial charge in [0.25, 0.3) is 0 Å². The fraction of sp³-hybridized carbons (Fsp3) is 0.667. The minimum absolute atomic E-state index is 0.0764. The van der Waals surface area contributed by atoms with E-state index in [9.17, 15) is 0 Å². The van der Waals surface area contributed by atoms with Gasteiger partial charge in [0.2, 0.25) is 0 Å². The number of nitrogens with one attached hydrogen (secondary N) is 1. The summed E-state index contributed by atoms with van der Waals surface area (Å²) < 4.78 is 0. The van der Waals surface area contributed by atoms with Crippen LogP contribution >= 0.6 is 0 Å². The van der Waals surface area contributed by atoms with Crippen LogP contribution in [-0.4, -0.2) is 32.5 Å². The van der Waals surface area contributed by atoms with Gasteiger partial charge in [-0.25, -0.2) is 0 Å². The zero-order valence-corrected chi connectivity index (χ0v) is 7.40. The lowest BCUT2D eigenvalue weighted by molar-refractivity contribution is 0.390. The van der Waals surface area contributed by atoms with Crippen molar-refractivity contribution in [3.8, 4) is 0 Å². The van der Waals surface area contributed by atoms with E-state index in [2.05, 4.69) is 11.9 Å². The first kappa shape index (κ1) is 9.84. The van der Waals surface area contributed by atoms with Gasteiger partial charge in [-0.1, -0.05) is 6.08 Å². The van der Waals surface area contributed by atoms with Crippen molar-refractivity contribution in [3.05, 3.63) is 12.7 Å². The molecule has 0 saturated heterocycles. The molecule has 0 saturated carbocycles. The van der Waals surface area contributed by atoms with Gasteiger partial charge in [-0.15, -0.1) is 6.58 Å². The van der Waals surface area contributed by atoms with Crippen molar-refractivity contribution < 1.29 is 9.59 Å². The Hall–Kier alpha value is -0.163. The van der Waals surface area contributed by atoms with Gasteiger partial charge >= 0.3 is 9.28 Å².